The van der Waals surface area contributed by atoms with Gasteiger partial charge in [-0.15, -0.1) is 0 Å². The summed E-state index contributed by atoms with van der Waals surface area (Å²) in [6.45, 7) is 0. The largest absolute Gasteiger partial charge is 0.455 e. The Kier molecular flexibility index (Phi) is 3.20. The Labute approximate surface area is 121 Å². The van der Waals surface area contributed by atoms with Crippen LogP contribution in [0.15, 0.2) is 60.7 Å². The number of nitrogen functional groups attached to an aromatic ring is 1. The van der Waals surface area contributed by atoms with Crippen LogP contribution in [-0.4, -0.2) is 5.91 Å². The maximum atomic E-state index is 11.3. The van der Waals surface area contributed by atoms with Crippen LogP contribution < -0.4 is 16.2 Å². The van der Waals surface area contributed by atoms with Crippen LogP contribution in [0.4, 0.5) is 5.69 Å². The molecule has 0 radical (unpaired) electrons. The smallest absolute Gasteiger partial charge is 0.250 e. The van der Waals surface area contributed by atoms with E-state index in [2.05, 4.69) is 0 Å². The van der Waals surface area contributed by atoms with Crippen molar-refractivity contribution >= 4 is 22.4 Å². The molecule has 0 aromatic heterocycles. The van der Waals surface area contributed by atoms with Crippen molar-refractivity contribution in [3.05, 3.63) is 66.2 Å². The number of carbonyl (C=O) groups excluding carboxylic acids is 1. The Morgan fingerprint density at radius 3 is 2.43 bits per heavy atom. The van der Waals surface area contributed by atoms with Gasteiger partial charge in [-0.25, -0.2) is 0 Å². The topological polar surface area (TPSA) is 78.3 Å². The molecule has 0 saturated carbocycles. The average molecular weight is 278 g/mol. The predicted molar refractivity (Wildman–Crippen MR) is 83.4 cm³/mol. The number of fused-ring (bicyclic) bond motifs is 1. The van der Waals surface area contributed by atoms with Crippen LogP contribution in [0.3, 0.4) is 0 Å². The van der Waals surface area contributed by atoms with Crippen molar-refractivity contribution in [2.45, 2.75) is 0 Å². The minimum Gasteiger partial charge on any atom is -0.455 e. The SMILES string of the molecule is NC(=O)c1cccc(Oc2ccc3ccccc3c2)c1N. The lowest BCUT2D eigenvalue weighted by Gasteiger charge is -2.11. The van der Waals surface area contributed by atoms with Gasteiger partial charge in [-0.1, -0.05) is 36.4 Å². The summed E-state index contributed by atoms with van der Waals surface area (Å²) in [4.78, 5) is 11.3. The third kappa shape index (κ3) is 2.51. The van der Waals surface area contributed by atoms with Crippen LogP contribution in [0.25, 0.3) is 10.8 Å². The average Bonchev–Trinajstić information content (AvgIpc) is 2.49. The van der Waals surface area contributed by atoms with Crippen molar-refractivity contribution in [3.8, 4) is 11.5 Å². The molecule has 0 aliphatic heterocycles. The van der Waals surface area contributed by atoms with E-state index >= 15 is 0 Å². The molecule has 0 atom stereocenters. The highest BCUT2D eigenvalue weighted by Crippen LogP contribution is 2.31. The van der Waals surface area contributed by atoms with Crippen molar-refractivity contribution in [3.63, 3.8) is 0 Å². The van der Waals surface area contributed by atoms with Crippen molar-refractivity contribution in [1.29, 1.82) is 0 Å². The molecule has 0 bridgehead atoms. The Balaban J connectivity index is 1.98. The van der Waals surface area contributed by atoms with Gasteiger partial charge in [0.2, 0.25) is 0 Å². The summed E-state index contributed by atoms with van der Waals surface area (Å²) in [6.07, 6.45) is 0. The fraction of sp³-hybridized carbons (Fsp3) is 0. The van der Waals surface area contributed by atoms with E-state index in [4.69, 9.17) is 16.2 Å². The summed E-state index contributed by atoms with van der Waals surface area (Å²) in [6, 6.07) is 18.7. The molecule has 1 amide bonds. The molecule has 0 saturated heterocycles. The van der Waals surface area contributed by atoms with E-state index in [0.29, 0.717) is 11.5 Å². The van der Waals surface area contributed by atoms with Crippen LogP contribution in [-0.2, 0) is 0 Å². The first-order valence-corrected chi connectivity index (χ1v) is 6.50. The molecule has 4 heteroatoms. The summed E-state index contributed by atoms with van der Waals surface area (Å²) in [5.74, 6) is 0.500. The highest BCUT2D eigenvalue weighted by molar-refractivity contribution is 5.99. The van der Waals surface area contributed by atoms with E-state index in [0.717, 1.165) is 10.8 Å². The molecular formula is C17H14N2O2. The van der Waals surface area contributed by atoms with Crippen molar-refractivity contribution in [1.82, 2.24) is 0 Å². The van der Waals surface area contributed by atoms with Gasteiger partial charge in [0.1, 0.15) is 5.75 Å². The molecule has 21 heavy (non-hydrogen) atoms. The molecule has 0 aliphatic carbocycles. The number of amides is 1. The van der Waals surface area contributed by atoms with Crippen LogP contribution in [0, 0.1) is 0 Å². The van der Waals surface area contributed by atoms with E-state index in [9.17, 15) is 4.79 Å². The predicted octanol–water partition coefficient (Wildman–Crippen LogP) is 3.31. The first-order chi connectivity index (χ1) is 10.1. The second-order valence-corrected chi connectivity index (χ2v) is 4.69. The third-order valence-electron chi connectivity index (χ3n) is 3.28. The monoisotopic (exact) mass is 278 g/mol. The molecule has 3 aromatic carbocycles. The Morgan fingerprint density at radius 2 is 1.67 bits per heavy atom. The van der Waals surface area contributed by atoms with Gasteiger partial charge in [0.05, 0.1) is 11.3 Å². The fourth-order valence-corrected chi connectivity index (χ4v) is 2.21. The van der Waals surface area contributed by atoms with Crippen molar-refractivity contribution in [2.24, 2.45) is 5.73 Å². The molecule has 0 unspecified atom stereocenters. The quantitative estimate of drug-likeness (QED) is 0.721. The van der Waals surface area contributed by atoms with Crippen molar-refractivity contribution in [2.75, 3.05) is 5.73 Å². The zero-order valence-electron chi connectivity index (χ0n) is 11.2. The number of hydrogen-bond donors (Lipinski definition) is 2. The van der Waals surface area contributed by atoms with Gasteiger partial charge in [0.25, 0.3) is 5.91 Å². The molecule has 0 aliphatic rings. The molecule has 104 valence electrons. The normalized spacial score (nSPS) is 10.5. The number of anilines is 1. The summed E-state index contributed by atoms with van der Waals surface area (Å²) < 4.78 is 5.78. The summed E-state index contributed by atoms with van der Waals surface area (Å²) >= 11 is 0. The van der Waals surface area contributed by atoms with Crippen LogP contribution in [0.1, 0.15) is 10.4 Å². The molecule has 0 spiro atoms. The van der Waals surface area contributed by atoms with Crippen molar-refractivity contribution < 1.29 is 9.53 Å². The fourth-order valence-electron chi connectivity index (χ4n) is 2.21. The molecule has 0 fully saturated rings. The van der Waals surface area contributed by atoms with E-state index < -0.39 is 5.91 Å². The number of hydrogen-bond acceptors (Lipinski definition) is 3. The van der Waals surface area contributed by atoms with Crippen LogP contribution in [0.5, 0.6) is 11.5 Å². The second kappa shape index (κ2) is 5.17. The van der Waals surface area contributed by atoms with Gasteiger partial charge in [0.15, 0.2) is 5.75 Å². The van der Waals surface area contributed by atoms with Gasteiger partial charge >= 0.3 is 0 Å². The standard InChI is InChI=1S/C17H14N2O2/c18-16-14(17(19)20)6-3-7-15(16)21-13-9-8-11-4-1-2-5-12(11)10-13/h1-10H,18H2,(H2,19,20). The van der Waals surface area contributed by atoms with E-state index in [1.54, 1.807) is 18.2 Å². The first kappa shape index (κ1) is 13.0. The number of rotatable bonds is 3. The first-order valence-electron chi connectivity index (χ1n) is 6.50. The zero-order valence-corrected chi connectivity index (χ0v) is 11.2. The number of primary amides is 1. The Hall–Kier alpha value is -3.01. The number of carbonyl (C=O) groups is 1. The number of benzene rings is 3. The zero-order chi connectivity index (χ0) is 14.8. The van der Waals surface area contributed by atoms with Crippen LogP contribution in [0.2, 0.25) is 0 Å². The number of nitrogens with two attached hydrogens (primary N) is 2. The summed E-state index contributed by atoms with van der Waals surface area (Å²) in [5.41, 5.74) is 11.7. The number of ether oxygens (including phenoxy) is 1. The third-order valence-corrected chi connectivity index (χ3v) is 3.28. The van der Waals surface area contributed by atoms with Gasteiger partial charge in [-0.05, 0) is 35.0 Å². The minimum atomic E-state index is -0.573. The highest BCUT2D eigenvalue weighted by atomic mass is 16.5. The molecule has 4 N–H and O–H groups in total. The Morgan fingerprint density at radius 1 is 0.905 bits per heavy atom. The maximum absolute atomic E-state index is 11.3. The molecule has 4 nitrogen and oxygen atoms in total. The lowest BCUT2D eigenvalue weighted by atomic mass is 10.1. The van der Waals surface area contributed by atoms with Gasteiger partial charge in [-0.3, -0.25) is 4.79 Å². The van der Waals surface area contributed by atoms with Gasteiger partial charge in [-0.2, -0.15) is 0 Å². The van der Waals surface area contributed by atoms with Gasteiger partial charge < -0.3 is 16.2 Å². The summed E-state index contributed by atoms with van der Waals surface area (Å²) in [5, 5.41) is 2.20. The Bertz CT molecular complexity index is 828. The van der Waals surface area contributed by atoms with E-state index in [-0.39, 0.29) is 11.3 Å². The number of para-hydroxylation sites is 1. The summed E-state index contributed by atoms with van der Waals surface area (Å²) in [7, 11) is 0. The van der Waals surface area contributed by atoms with Gasteiger partial charge in [0, 0.05) is 0 Å². The van der Waals surface area contributed by atoms with E-state index in [1.807, 2.05) is 42.5 Å². The molecule has 3 rings (SSSR count). The lowest BCUT2D eigenvalue weighted by Crippen LogP contribution is -2.13. The molecule has 3 aromatic rings. The second-order valence-electron chi connectivity index (χ2n) is 4.69. The highest BCUT2D eigenvalue weighted by Gasteiger charge is 2.11. The minimum absolute atomic E-state index is 0.248. The molecular weight excluding hydrogens is 264 g/mol. The maximum Gasteiger partial charge on any atom is 0.250 e. The van der Waals surface area contributed by atoms with Crippen LogP contribution >= 0.6 is 0 Å². The lowest BCUT2D eigenvalue weighted by molar-refractivity contribution is 0.100. The van der Waals surface area contributed by atoms with E-state index in [1.165, 1.54) is 0 Å². The molecule has 0 heterocycles.